The summed E-state index contributed by atoms with van der Waals surface area (Å²) in [6, 6.07) is 11.4. The lowest BCUT2D eigenvalue weighted by atomic mass is 10.2. The van der Waals surface area contributed by atoms with Gasteiger partial charge in [-0.2, -0.15) is 0 Å². The molecule has 0 atom stereocenters. The molecule has 3 rings (SSSR count). The van der Waals surface area contributed by atoms with Crippen molar-refractivity contribution in [2.75, 3.05) is 0 Å². The zero-order valence-electron chi connectivity index (χ0n) is 12.2. The lowest BCUT2D eigenvalue weighted by Gasteiger charge is -2.12. The van der Waals surface area contributed by atoms with Crippen LogP contribution in [0.5, 0.6) is 5.75 Å². The molecule has 1 fully saturated rings. The van der Waals surface area contributed by atoms with Crippen LogP contribution in [0.2, 0.25) is 10.0 Å². The van der Waals surface area contributed by atoms with Gasteiger partial charge in [-0.25, -0.2) is 0 Å². The summed E-state index contributed by atoms with van der Waals surface area (Å²) in [6.07, 6.45) is 1.62. The Morgan fingerprint density at radius 3 is 2.42 bits per heavy atom. The molecule has 2 amide bonds. The maximum Gasteiger partial charge on any atom is 0.293 e. The van der Waals surface area contributed by atoms with E-state index < -0.39 is 0 Å². The van der Waals surface area contributed by atoms with Gasteiger partial charge in [0.1, 0.15) is 5.75 Å². The van der Waals surface area contributed by atoms with E-state index in [-0.39, 0.29) is 23.4 Å². The number of carbonyl (C=O) groups excluding carboxylic acids is 2. The van der Waals surface area contributed by atoms with Crippen molar-refractivity contribution in [2.24, 2.45) is 0 Å². The molecule has 7 heteroatoms. The molecule has 122 valence electrons. The number of hydrogen-bond acceptors (Lipinski definition) is 4. The van der Waals surface area contributed by atoms with Crippen molar-refractivity contribution in [3.63, 3.8) is 0 Å². The monoisotopic (exact) mass is 379 g/mol. The van der Waals surface area contributed by atoms with Gasteiger partial charge in [0.05, 0.1) is 21.5 Å². The first kappa shape index (κ1) is 16.9. The Morgan fingerprint density at radius 1 is 1.04 bits per heavy atom. The molecule has 24 heavy (non-hydrogen) atoms. The molecular formula is C17H11Cl2NO3S. The summed E-state index contributed by atoms with van der Waals surface area (Å²) in [5, 5.41) is 9.74. The molecule has 1 aliphatic heterocycles. The van der Waals surface area contributed by atoms with Crippen molar-refractivity contribution >= 4 is 52.2 Å². The molecule has 1 aliphatic rings. The number of imide groups is 1. The number of benzene rings is 2. The van der Waals surface area contributed by atoms with E-state index in [0.717, 1.165) is 27.8 Å². The number of aromatic hydroxyl groups is 1. The summed E-state index contributed by atoms with van der Waals surface area (Å²) in [5.41, 5.74) is 1.45. The molecule has 0 unspecified atom stereocenters. The summed E-state index contributed by atoms with van der Waals surface area (Å²) in [4.78, 5) is 26.1. The van der Waals surface area contributed by atoms with E-state index in [1.54, 1.807) is 36.4 Å². The Balaban J connectivity index is 1.81. The number of carbonyl (C=O) groups is 2. The SMILES string of the molecule is O=C1SC(=Cc2ccc(O)cc2)C(=O)N1Cc1ccc(Cl)c(Cl)c1. The van der Waals surface area contributed by atoms with Gasteiger partial charge >= 0.3 is 0 Å². The highest BCUT2D eigenvalue weighted by atomic mass is 35.5. The number of hydrogen-bond donors (Lipinski definition) is 1. The quantitative estimate of drug-likeness (QED) is 0.767. The summed E-state index contributed by atoms with van der Waals surface area (Å²) in [7, 11) is 0. The van der Waals surface area contributed by atoms with E-state index in [1.165, 1.54) is 12.1 Å². The largest absolute Gasteiger partial charge is 0.508 e. The lowest BCUT2D eigenvalue weighted by molar-refractivity contribution is -0.123. The van der Waals surface area contributed by atoms with E-state index in [1.807, 2.05) is 0 Å². The van der Waals surface area contributed by atoms with Crippen LogP contribution in [0.4, 0.5) is 4.79 Å². The van der Waals surface area contributed by atoms with Crippen LogP contribution in [-0.2, 0) is 11.3 Å². The van der Waals surface area contributed by atoms with Crippen LogP contribution in [0, 0.1) is 0 Å². The van der Waals surface area contributed by atoms with Gasteiger partial charge in [-0.3, -0.25) is 14.5 Å². The molecule has 0 bridgehead atoms. The second kappa shape index (κ2) is 6.89. The minimum absolute atomic E-state index is 0.133. The average molecular weight is 380 g/mol. The number of halogens is 2. The third-order valence-corrected chi connectivity index (χ3v) is 5.04. The molecule has 2 aromatic carbocycles. The predicted molar refractivity (Wildman–Crippen MR) is 96.1 cm³/mol. The van der Waals surface area contributed by atoms with E-state index >= 15 is 0 Å². The van der Waals surface area contributed by atoms with Crippen molar-refractivity contribution in [1.29, 1.82) is 0 Å². The topological polar surface area (TPSA) is 57.6 Å². The maximum absolute atomic E-state index is 12.5. The lowest BCUT2D eigenvalue weighted by Crippen LogP contribution is -2.27. The summed E-state index contributed by atoms with van der Waals surface area (Å²) < 4.78 is 0. The molecule has 1 saturated heterocycles. The van der Waals surface area contributed by atoms with Crippen LogP contribution < -0.4 is 0 Å². The van der Waals surface area contributed by atoms with Gasteiger partial charge in [-0.1, -0.05) is 41.4 Å². The summed E-state index contributed by atoms with van der Waals surface area (Å²) in [6.45, 7) is 0.133. The van der Waals surface area contributed by atoms with E-state index in [2.05, 4.69) is 0 Å². The van der Waals surface area contributed by atoms with E-state index in [9.17, 15) is 14.7 Å². The second-order valence-corrected chi connectivity index (χ2v) is 6.92. The highest BCUT2D eigenvalue weighted by molar-refractivity contribution is 8.18. The first-order chi connectivity index (χ1) is 11.4. The first-order valence-corrected chi connectivity index (χ1v) is 8.49. The third-order valence-electron chi connectivity index (χ3n) is 3.39. The van der Waals surface area contributed by atoms with Crippen molar-refractivity contribution < 1.29 is 14.7 Å². The Hall–Kier alpha value is -1.95. The molecule has 4 nitrogen and oxygen atoms in total. The predicted octanol–water partition coefficient (Wildman–Crippen LogP) is 4.94. The van der Waals surface area contributed by atoms with Crippen molar-refractivity contribution in [3.05, 3.63) is 68.5 Å². The second-order valence-electron chi connectivity index (χ2n) is 5.11. The van der Waals surface area contributed by atoms with Crippen LogP contribution in [0.15, 0.2) is 47.4 Å². The number of phenols is 1. The molecule has 0 saturated carbocycles. The van der Waals surface area contributed by atoms with Crippen molar-refractivity contribution in [2.45, 2.75) is 6.54 Å². The highest BCUT2D eigenvalue weighted by Crippen LogP contribution is 2.34. The smallest absolute Gasteiger partial charge is 0.293 e. The number of rotatable bonds is 3. The highest BCUT2D eigenvalue weighted by Gasteiger charge is 2.35. The Labute approximate surface area is 152 Å². The molecule has 0 radical (unpaired) electrons. The van der Waals surface area contributed by atoms with Gasteiger partial charge in [0.15, 0.2) is 0 Å². The molecular weight excluding hydrogens is 369 g/mol. The fourth-order valence-electron chi connectivity index (χ4n) is 2.18. The van der Waals surface area contributed by atoms with Gasteiger partial charge in [0.25, 0.3) is 11.1 Å². The molecule has 1 N–H and O–H groups in total. The first-order valence-electron chi connectivity index (χ1n) is 6.92. The van der Waals surface area contributed by atoms with Gasteiger partial charge in [-0.05, 0) is 53.2 Å². The Bertz CT molecular complexity index is 849. The van der Waals surface area contributed by atoms with Crippen LogP contribution >= 0.6 is 35.0 Å². The molecule has 0 aromatic heterocycles. The Morgan fingerprint density at radius 2 is 1.75 bits per heavy atom. The van der Waals surface area contributed by atoms with Gasteiger partial charge < -0.3 is 5.11 Å². The van der Waals surface area contributed by atoms with Crippen LogP contribution in [0.25, 0.3) is 6.08 Å². The van der Waals surface area contributed by atoms with Crippen molar-refractivity contribution in [1.82, 2.24) is 4.90 Å². The zero-order chi connectivity index (χ0) is 17.3. The average Bonchev–Trinajstić information content (AvgIpc) is 2.81. The minimum atomic E-state index is -0.357. The van der Waals surface area contributed by atoms with Gasteiger partial charge in [0, 0.05) is 0 Å². The minimum Gasteiger partial charge on any atom is -0.508 e. The number of phenolic OH excluding ortho intramolecular Hbond substituents is 1. The standard InChI is InChI=1S/C17H11Cl2NO3S/c18-13-6-3-11(7-14(13)19)9-20-16(22)15(24-17(20)23)8-10-1-4-12(21)5-2-10/h1-8,21H,9H2. The van der Waals surface area contributed by atoms with E-state index in [4.69, 9.17) is 23.2 Å². The Kier molecular flexibility index (Phi) is 4.85. The number of amides is 2. The number of nitrogens with zero attached hydrogens (tertiary/aromatic N) is 1. The zero-order valence-corrected chi connectivity index (χ0v) is 14.5. The molecule has 0 aliphatic carbocycles. The number of thioether (sulfide) groups is 1. The third kappa shape index (κ3) is 3.59. The van der Waals surface area contributed by atoms with Crippen molar-refractivity contribution in [3.8, 4) is 5.75 Å². The van der Waals surface area contributed by atoms with Gasteiger partial charge in [0.2, 0.25) is 0 Å². The van der Waals surface area contributed by atoms with Gasteiger partial charge in [-0.15, -0.1) is 0 Å². The van der Waals surface area contributed by atoms with Crippen LogP contribution in [-0.4, -0.2) is 21.2 Å². The maximum atomic E-state index is 12.5. The molecule has 2 aromatic rings. The normalized spacial score (nSPS) is 16.2. The fraction of sp³-hybridized carbons (Fsp3) is 0.0588. The molecule has 1 heterocycles. The summed E-state index contributed by atoms with van der Waals surface area (Å²) in [5.74, 6) is -0.219. The summed E-state index contributed by atoms with van der Waals surface area (Å²) >= 11 is 12.7. The fourth-order valence-corrected chi connectivity index (χ4v) is 3.34. The van der Waals surface area contributed by atoms with Crippen LogP contribution in [0.1, 0.15) is 11.1 Å². The van der Waals surface area contributed by atoms with E-state index in [0.29, 0.717) is 15.0 Å². The van der Waals surface area contributed by atoms with Crippen LogP contribution in [0.3, 0.4) is 0 Å². The molecule has 0 spiro atoms.